The number of unbranched alkanes of at least 4 members (excludes halogenated alkanes) is 1. The molecule has 0 aliphatic rings. The summed E-state index contributed by atoms with van der Waals surface area (Å²) in [6, 6.07) is 0. The monoisotopic (exact) mass is 243 g/mol. The second-order valence-corrected chi connectivity index (χ2v) is 4.36. The molecule has 0 aliphatic heterocycles. The fraction of sp³-hybridized carbons (Fsp3) is 0.636. The van der Waals surface area contributed by atoms with Crippen LogP contribution in [0.2, 0.25) is 5.02 Å². The molecule has 90 valence electrons. The van der Waals surface area contributed by atoms with Crippen molar-refractivity contribution in [3.05, 3.63) is 17.4 Å². The lowest BCUT2D eigenvalue weighted by molar-refractivity contribution is -0.124. The van der Waals surface area contributed by atoms with Crippen molar-refractivity contribution in [2.45, 2.75) is 33.2 Å². The first-order valence-corrected chi connectivity index (χ1v) is 5.97. The van der Waals surface area contributed by atoms with Gasteiger partial charge in [0.15, 0.2) is 0 Å². The van der Waals surface area contributed by atoms with Crippen LogP contribution in [-0.4, -0.2) is 22.2 Å². The predicted molar refractivity (Wildman–Crippen MR) is 64.3 cm³/mol. The van der Waals surface area contributed by atoms with Crippen LogP contribution in [0.1, 0.15) is 26.7 Å². The Morgan fingerprint density at radius 2 is 2.44 bits per heavy atom. The van der Waals surface area contributed by atoms with Crippen LogP contribution in [0.15, 0.2) is 12.4 Å². The first-order chi connectivity index (χ1) is 7.63. The maximum Gasteiger partial charge on any atom is 0.224 e. The Balaban J connectivity index is 2.34. The Morgan fingerprint density at radius 3 is 3.00 bits per heavy atom. The summed E-state index contributed by atoms with van der Waals surface area (Å²) in [5.41, 5.74) is 0. The summed E-state index contributed by atoms with van der Waals surface area (Å²) >= 11 is 5.74. The topological polar surface area (TPSA) is 46.9 Å². The second kappa shape index (κ2) is 6.53. The van der Waals surface area contributed by atoms with Gasteiger partial charge in [-0.25, -0.2) is 0 Å². The molecule has 1 heterocycles. The first-order valence-electron chi connectivity index (χ1n) is 5.59. The van der Waals surface area contributed by atoms with Crippen LogP contribution in [0.5, 0.6) is 0 Å². The lowest BCUT2D eigenvalue weighted by atomic mass is 10.1. The molecule has 0 bridgehead atoms. The van der Waals surface area contributed by atoms with Crippen LogP contribution < -0.4 is 5.32 Å². The third-order valence-electron chi connectivity index (χ3n) is 2.34. The molecule has 1 N–H and O–H groups in total. The van der Waals surface area contributed by atoms with E-state index in [4.69, 9.17) is 11.6 Å². The van der Waals surface area contributed by atoms with Crippen molar-refractivity contribution in [1.82, 2.24) is 15.1 Å². The molecule has 0 unspecified atom stereocenters. The van der Waals surface area contributed by atoms with Crippen molar-refractivity contribution >= 4 is 17.5 Å². The van der Waals surface area contributed by atoms with Gasteiger partial charge in [-0.2, -0.15) is 5.10 Å². The molecule has 0 spiro atoms. The van der Waals surface area contributed by atoms with E-state index in [1.165, 1.54) is 0 Å². The normalized spacial score (nSPS) is 12.4. The molecule has 5 heteroatoms. The molecule has 16 heavy (non-hydrogen) atoms. The fourth-order valence-corrected chi connectivity index (χ4v) is 1.52. The minimum absolute atomic E-state index is 0.0695. The van der Waals surface area contributed by atoms with Gasteiger partial charge in [0, 0.05) is 12.7 Å². The Bertz CT molecular complexity index is 338. The van der Waals surface area contributed by atoms with Crippen molar-refractivity contribution < 1.29 is 4.79 Å². The molecule has 1 amide bonds. The summed E-state index contributed by atoms with van der Waals surface area (Å²) < 4.78 is 1.69. The third-order valence-corrected chi connectivity index (χ3v) is 2.53. The first kappa shape index (κ1) is 13.0. The Hall–Kier alpha value is -1.03. The number of rotatable bonds is 6. The van der Waals surface area contributed by atoms with Gasteiger partial charge in [-0.1, -0.05) is 31.9 Å². The van der Waals surface area contributed by atoms with Crippen LogP contribution in [0, 0.1) is 5.92 Å². The van der Waals surface area contributed by atoms with E-state index in [1.54, 1.807) is 17.1 Å². The number of aromatic nitrogens is 2. The summed E-state index contributed by atoms with van der Waals surface area (Å²) in [6.45, 7) is 5.29. The minimum atomic E-state index is -0.0900. The van der Waals surface area contributed by atoms with Crippen molar-refractivity contribution in [2.24, 2.45) is 5.92 Å². The number of halogens is 1. The Labute approximate surface area is 101 Å². The summed E-state index contributed by atoms with van der Waals surface area (Å²) in [5, 5.41) is 7.53. The van der Waals surface area contributed by atoms with Crippen LogP contribution in [0.4, 0.5) is 0 Å². The summed E-state index contributed by atoms with van der Waals surface area (Å²) in [5.74, 6) is -0.0205. The van der Waals surface area contributed by atoms with E-state index < -0.39 is 0 Å². The quantitative estimate of drug-likeness (QED) is 0.778. The van der Waals surface area contributed by atoms with E-state index >= 15 is 0 Å². The summed E-state index contributed by atoms with van der Waals surface area (Å²) in [6.07, 6.45) is 5.40. The van der Waals surface area contributed by atoms with E-state index in [2.05, 4.69) is 17.3 Å². The van der Waals surface area contributed by atoms with Gasteiger partial charge >= 0.3 is 0 Å². The standard InChI is InChI=1S/C11H18ClN3O/c1-3-4-5-13-11(16)9(2)7-15-8-10(12)6-14-15/h6,8-9H,3-5,7H2,1-2H3,(H,13,16)/t9-/m0/s1. The number of amides is 1. The van der Waals surface area contributed by atoms with Crippen LogP contribution in [0.25, 0.3) is 0 Å². The molecule has 1 aromatic rings. The van der Waals surface area contributed by atoms with E-state index in [9.17, 15) is 4.79 Å². The zero-order valence-electron chi connectivity index (χ0n) is 9.74. The molecule has 0 radical (unpaired) electrons. The molecule has 0 aromatic carbocycles. The molecule has 1 atom stereocenters. The van der Waals surface area contributed by atoms with Gasteiger partial charge in [-0.3, -0.25) is 9.48 Å². The molecule has 0 fully saturated rings. The zero-order valence-corrected chi connectivity index (χ0v) is 10.5. The average Bonchev–Trinajstić information content (AvgIpc) is 2.64. The number of carbonyl (C=O) groups is 1. The van der Waals surface area contributed by atoms with E-state index in [-0.39, 0.29) is 11.8 Å². The lowest BCUT2D eigenvalue weighted by Gasteiger charge is -2.11. The zero-order chi connectivity index (χ0) is 12.0. The molecule has 1 aromatic heterocycles. The SMILES string of the molecule is CCCCNC(=O)[C@@H](C)Cn1cc(Cl)cn1. The highest BCUT2D eigenvalue weighted by Gasteiger charge is 2.13. The van der Waals surface area contributed by atoms with Gasteiger partial charge in [0.05, 0.1) is 23.7 Å². The Kier molecular flexibility index (Phi) is 5.32. The molecule has 0 aliphatic carbocycles. The summed E-state index contributed by atoms with van der Waals surface area (Å²) in [7, 11) is 0. The Morgan fingerprint density at radius 1 is 1.69 bits per heavy atom. The number of carbonyl (C=O) groups excluding carboxylic acids is 1. The predicted octanol–water partition coefficient (Wildman–Crippen LogP) is 2.09. The largest absolute Gasteiger partial charge is 0.356 e. The maximum atomic E-state index is 11.6. The van der Waals surface area contributed by atoms with Crippen molar-refractivity contribution in [1.29, 1.82) is 0 Å². The fourth-order valence-electron chi connectivity index (χ4n) is 1.36. The van der Waals surface area contributed by atoms with Crippen molar-refractivity contribution in [2.75, 3.05) is 6.54 Å². The number of nitrogens with one attached hydrogen (secondary N) is 1. The van der Waals surface area contributed by atoms with Gasteiger partial charge in [-0.15, -0.1) is 0 Å². The number of hydrogen-bond acceptors (Lipinski definition) is 2. The van der Waals surface area contributed by atoms with E-state index in [1.807, 2.05) is 6.92 Å². The molecule has 0 saturated carbocycles. The van der Waals surface area contributed by atoms with Crippen LogP contribution in [0.3, 0.4) is 0 Å². The van der Waals surface area contributed by atoms with Gasteiger partial charge in [-0.05, 0) is 6.42 Å². The highest BCUT2D eigenvalue weighted by atomic mass is 35.5. The smallest absolute Gasteiger partial charge is 0.224 e. The highest BCUT2D eigenvalue weighted by molar-refractivity contribution is 6.30. The van der Waals surface area contributed by atoms with Gasteiger partial charge < -0.3 is 5.32 Å². The van der Waals surface area contributed by atoms with Gasteiger partial charge in [0.2, 0.25) is 5.91 Å². The second-order valence-electron chi connectivity index (χ2n) is 3.93. The molecule has 0 saturated heterocycles. The third kappa shape index (κ3) is 4.23. The van der Waals surface area contributed by atoms with E-state index in [0.717, 1.165) is 19.4 Å². The number of hydrogen-bond donors (Lipinski definition) is 1. The van der Waals surface area contributed by atoms with Crippen molar-refractivity contribution in [3.63, 3.8) is 0 Å². The van der Waals surface area contributed by atoms with Gasteiger partial charge in [0.25, 0.3) is 0 Å². The molecular formula is C11H18ClN3O. The maximum absolute atomic E-state index is 11.6. The minimum Gasteiger partial charge on any atom is -0.356 e. The van der Waals surface area contributed by atoms with Crippen LogP contribution in [-0.2, 0) is 11.3 Å². The lowest BCUT2D eigenvalue weighted by Crippen LogP contribution is -2.32. The number of nitrogens with zero attached hydrogens (tertiary/aromatic N) is 2. The van der Waals surface area contributed by atoms with Crippen LogP contribution >= 0.6 is 11.6 Å². The molecule has 1 rings (SSSR count). The van der Waals surface area contributed by atoms with Crippen molar-refractivity contribution in [3.8, 4) is 0 Å². The molecular weight excluding hydrogens is 226 g/mol. The van der Waals surface area contributed by atoms with E-state index in [0.29, 0.717) is 11.6 Å². The molecule has 4 nitrogen and oxygen atoms in total. The highest BCUT2D eigenvalue weighted by Crippen LogP contribution is 2.07. The van der Waals surface area contributed by atoms with Gasteiger partial charge in [0.1, 0.15) is 0 Å². The average molecular weight is 244 g/mol. The summed E-state index contributed by atoms with van der Waals surface area (Å²) in [4.78, 5) is 11.6.